The molecule has 29 heavy (non-hydrogen) atoms. The highest BCUT2D eigenvalue weighted by atomic mass is 16.5. The predicted molar refractivity (Wildman–Crippen MR) is 109 cm³/mol. The summed E-state index contributed by atoms with van der Waals surface area (Å²) in [5.74, 6) is 0.241. The van der Waals surface area contributed by atoms with Crippen LogP contribution in [0.5, 0.6) is 11.5 Å². The van der Waals surface area contributed by atoms with Crippen molar-refractivity contribution in [3.05, 3.63) is 48.8 Å². The average Bonchev–Trinajstić information content (AvgIpc) is 2.69. The fourth-order valence-electron chi connectivity index (χ4n) is 2.17. The van der Waals surface area contributed by atoms with Crippen LogP contribution in [0.4, 0.5) is 0 Å². The number of nitrogens with two attached hydrogens (primary N) is 2. The Bertz CT molecular complexity index is 690. The molecule has 0 atom stereocenters. The molecule has 0 radical (unpaired) electrons. The van der Waals surface area contributed by atoms with Crippen LogP contribution < -0.4 is 20.9 Å². The van der Waals surface area contributed by atoms with Crippen LogP contribution >= 0.6 is 0 Å². The van der Waals surface area contributed by atoms with Crippen molar-refractivity contribution >= 4 is 11.9 Å². The molecule has 1 aromatic carbocycles. The summed E-state index contributed by atoms with van der Waals surface area (Å²) < 4.78 is 21.1. The normalized spacial score (nSPS) is 10.1. The van der Waals surface area contributed by atoms with Crippen molar-refractivity contribution in [1.82, 2.24) is 0 Å². The van der Waals surface area contributed by atoms with E-state index in [2.05, 4.69) is 13.2 Å². The lowest BCUT2D eigenvalue weighted by Gasteiger charge is -2.10. The number of hydrogen-bond acceptors (Lipinski definition) is 8. The van der Waals surface area contributed by atoms with Gasteiger partial charge in [0, 0.05) is 12.5 Å². The summed E-state index contributed by atoms with van der Waals surface area (Å²) in [7, 11) is 0. The third kappa shape index (κ3) is 11.3. The van der Waals surface area contributed by atoms with Crippen molar-refractivity contribution in [3.8, 4) is 11.5 Å². The summed E-state index contributed by atoms with van der Waals surface area (Å²) in [5.41, 5.74) is 10.3. The van der Waals surface area contributed by atoms with E-state index >= 15 is 0 Å². The van der Waals surface area contributed by atoms with E-state index in [1.807, 2.05) is 24.3 Å². The number of esters is 2. The first-order valence-corrected chi connectivity index (χ1v) is 9.49. The maximum atomic E-state index is 11.1. The first-order chi connectivity index (χ1) is 13.9. The van der Waals surface area contributed by atoms with Crippen LogP contribution in [0.1, 0.15) is 32.1 Å². The second kappa shape index (κ2) is 13.9. The molecule has 0 aliphatic rings. The fraction of sp³-hybridized carbons (Fsp3) is 0.429. The Balaban J connectivity index is 2.11. The van der Waals surface area contributed by atoms with Gasteiger partial charge < -0.3 is 30.4 Å². The number of unbranched alkanes of at least 4 members (excludes halogenated alkanes) is 3. The van der Waals surface area contributed by atoms with Gasteiger partial charge in [-0.2, -0.15) is 0 Å². The van der Waals surface area contributed by atoms with Crippen molar-refractivity contribution in [1.29, 1.82) is 0 Å². The van der Waals surface area contributed by atoms with Crippen molar-refractivity contribution in [2.24, 2.45) is 11.5 Å². The molecule has 4 N–H and O–H groups in total. The third-order valence-corrected chi connectivity index (χ3v) is 3.66. The minimum Gasteiger partial charge on any atom is -0.493 e. The van der Waals surface area contributed by atoms with Crippen LogP contribution in [0.25, 0.3) is 0 Å². The molecular weight excluding hydrogens is 376 g/mol. The third-order valence-electron chi connectivity index (χ3n) is 3.66. The molecule has 0 saturated carbocycles. The van der Waals surface area contributed by atoms with Crippen molar-refractivity contribution < 1.29 is 28.5 Å². The highest BCUT2D eigenvalue weighted by Gasteiger charge is 2.04. The summed E-state index contributed by atoms with van der Waals surface area (Å²) in [6.45, 7) is 8.16. The van der Waals surface area contributed by atoms with Gasteiger partial charge in [0.1, 0.15) is 22.9 Å². The zero-order valence-corrected chi connectivity index (χ0v) is 16.7. The number of carbonyl (C=O) groups is 2. The first kappa shape index (κ1) is 23.9. The zero-order valence-electron chi connectivity index (χ0n) is 16.7. The highest BCUT2D eigenvalue weighted by Crippen LogP contribution is 2.20. The lowest BCUT2D eigenvalue weighted by atomic mass is 10.2. The monoisotopic (exact) mass is 406 g/mol. The van der Waals surface area contributed by atoms with Crippen molar-refractivity contribution in [3.63, 3.8) is 0 Å². The lowest BCUT2D eigenvalue weighted by Crippen LogP contribution is -2.15. The van der Waals surface area contributed by atoms with Gasteiger partial charge >= 0.3 is 11.9 Å². The maximum Gasteiger partial charge on any atom is 0.353 e. The summed E-state index contributed by atoms with van der Waals surface area (Å²) >= 11 is 0. The molecule has 0 fully saturated rings. The van der Waals surface area contributed by atoms with Gasteiger partial charge in [0.15, 0.2) is 0 Å². The van der Waals surface area contributed by atoms with E-state index in [9.17, 15) is 9.59 Å². The van der Waals surface area contributed by atoms with E-state index in [1.54, 1.807) is 0 Å². The fourth-order valence-corrected chi connectivity index (χ4v) is 2.17. The van der Waals surface area contributed by atoms with Gasteiger partial charge in [-0.15, -0.1) is 0 Å². The van der Waals surface area contributed by atoms with E-state index in [-0.39, 0.29) is 18.0 Å². The summed E-state index contributed by atoms with van der Waals surface area (Å²) in [6, 6.07) is 7.36. The number of carbonyl (C=O) groups excluding carboxylic acids is 2. The van der Waals surface area contributed by atoms with Gasteiger partial charge in [-0.3, -0.25) is 0 Å². The topological polar surface area (TPSA) is 123 Å². The summed E-state index contributed by atoms with van der Waals surface area (Å²) in [6.07, 6.45) is 4.10. The van der Waals surface area contributed by atoms with Gasteiger partial charge in [-0.25, -0.2) is 9.59 Å². The molecule has 0 amide bonds. The molecule has 0 saturated heterocycles. The van der Waals surface area contributed by atoms with Gasteiger partial charge in [0.05, 0.1) is 26.4 Å². The molecular formula is C21H30N2O6. The van der Waals surface area contributed by atoms with Gasteiger partial charge in [-0.1, -0.05) is 19.2 Å². The largest absolute Gasteiger partial charge is 0.493 e. The summed E-state index contributed by atoms with van der Waals surface area (Å²) in [4.78, 5) is 22.2. The average molecular weight is 406 g/mol. The molecule has 0 aliphatic heterocycles. The van der Waals surface area contributed by atoms with Gasteiger partial charge in [-0.05, 0) is 37.8 Å². The number of benzene rings is 1. The Kier molecular flexibility index (Phi) is 11.5. The molecule has 0 aliphatic carbocycles. The highest BCUT2D eigenvalue weighted by molar-refractivity contribution is 5.86. The Hall–Kier alpha value is -3.16. The molecule has 0 heterocycles. The first-order valence-electron chi connectivity index (χ1n) is 9.49. The predicted octanol–water partition coefficient (Wildman–Crippen LogP) is 2.43. The van der Waals surface area contributed by atoms with E-state index in [4.69, 9.17) is 30.4 Å². The van der Waals surface area contributed by atoms with E-state index in [0.717, 1.165) is 31.4 Å². The molecule has 8 heteroatoms. The van der Waals surface area contributed by atoms with E-state index in [1.165, 1.54) is 0 Å². The van der Waals surface area contributed by atoms with Crippen LogP contribution in [-0.2, 0) is 19.1 Å². The second-order valence-corrected chi connectivity index (χ2v) is 6.26. The van der Waals surface area contributed by atoms with Crippen LogP contribution in [0.2, 0.25) is 0 Å². The molecule has 0 unspecified atom stereocenters. The van der Waals surface area contributed by atoms with Crippen LogP contribution in [0.15, 0.2) is 48.8 Å². The second-order valence-electron chi connectivity index (χ2n) is 6.26. The Morgan fingerprint density at radius 3 is 1.69 bits per heavy atom. The molecule has 160 valence electrons. The zero-order chi connectivity index (χ0) is 21.5. The molecule has 8 nitrogen and oxygen atoms in total. The maximum absolute atomic E-state index is 11.1. The number of ether oxygens (including phenoxy) is 4. The molecule has 0 aromatic heterocycles. The quantitative estimate of drug-likeness (QED) is 0.259. The number of hydrogen-bond donors (Lipinski definition) is 2. The van der Waals surface area contributed by atoms with E-state index < -0.39 is 11.9 Å². The van der Waals surface area contributed by atoms with Crippen LogP contribution in [-0.4, -0.2) is 38.4 Å². The SMILES string of the molecule is C=C(N)C(=O)OCCCCCCOc1cccc(OCCCOC(=O)C(=C)N)c1. The minimum atomic E-state index is -0.608. The van der Waals surface area contributed by atoms with Crippen LogP contribution in [0.3, 0.4) is 0 Å². The van der Waals surface area contributed by atoms with Gasteiger partial charge in [0.25, 0.3) is 0 Å². The Morgan fingerprint density at radius 2 is 1.17 bits per heavy atom. The minimum absolute atomic E-state index is 0.0778. The molecule has 0 spiro atoms. The van der Waals surface area contributed by atoms with Crippen molar-refractivity contribution in [2.75, 3.05) is 26.4 Å². The van der Waals surface area contributed by atoms with Crippen LogP contribution in [0, 0.1) is 0 Å². The Labute approximate surface area is 171 Å². The van der Waals surface area contributed by atoms with Crippen molar-refractivity contribution in [2.45, 2.75) is 32.1 Å². The van der Waals surface area contributed by atoms with E-state index in [0.29, 0.717) is 32.0 Å². The summed E-state index contributed by atoms with van der Waals surface area (Å²) in [5, 5.41) is 0. The molecule has 0 bridgehead atoms. The Morgan fingerprint density at radius 1 is 0.724 bits per heavy atom. The molecule has 1 rings (SSSR count). The smallest absolute Gasteiger partial charge is 0.353 e. The molecule has 1 aromatic rings. The lowest BCUT2D eigenvalue weighted by molar-refractivity contribution is -0.140. The standard InChI is InChI=1S/C21H30N2O6/c1-16(22)20(24)28-12-6-4-3-5-11-26-18-9-7-10-19(15-18)27-13-8-14-29-21(25)17(2)23/h7,9-10,15H,1-6,8,11-14,22-23H2. The number of rotatable bonds is 15. The van der Waals surface area contributed by atoms with Gasteiger partial charge in [0.2, 0.25) is 0 Å².